The van der Waals surface area contributed by atoms with Crippen LogP contribution in [0.3, 0.4) is 0 Å². The molecule has 0 N–H and O–H groups in total. The van der Waals surface area contributed by atoms with Crippen molar-refractivity contribution in [2.75, 3.05) is 19.8 Å². The molecule has 0 aromatic heterocycles. The molecule has 2 heterocycles. The van der Waals surface area contributed by atoms with Gasteiger partial charge in [0.15, 0.2) is 0 Å². The summed E-state index contributed by atoms with van der Waals surface area (Å²) in [5.41, 5.74) is 2.54. The molecule has 0 aliphatic carbocycles. The topological polar surface area (TPSA) is 18.5 Å². The van der Waals surface area contributed by atoms with Crippen molar-refractivity contribution in [1.82, 2.24) is 0 Å². The van der Waals surface area contributed by atoms with Crippen LogP contribution in [-0.4, -0.2) is 19.8 Å². The summed E-state index contributed by atoms with van der Waals surface area (Å²) in [5, 5.41) is 0.116. The first-order valence-corrected chi connectivity index (χ1v) is 6.75. The SMILES string of the molecule is ClC(c1ccc2c(c1)CCO2)C1CCOCC1. The second-order valence-corrected chi connectivity index (χ2v) is 5.29. The highest BCUT2D eigenvalue weighted by Gasteiger charge is 2.24. The minimum absolute atomic E-state index is 0.116. The smallest absolute Gasteiger partial charge is 0.122 e. The number of ether oxygens (including phenoxy) is 2. The number of fused-ring (bicyclic) bond motifs is 1. The fourth-order valence-corrected chi connectivity index (χ4v) is 3.05. The Balaban J connectivity index is 1.78. The molecule has 2 aliphatic heterocycles. The summed E-state index contributed by atoms with van der Waals surface area (Å²) in [6.07, 6.45) is 3.16. The predicted octanol–water partition coefficient (Wildman–Crippen LogP) is 3.33. The molecule has 0 saturated carbocycles. The van der Waals surface area contributed by atoms with Crippen molar-refractivity contribution in [3.63, 3.8) is 0 Å². The minimum atomic E-state index is 0.116. The molecule has 1 aromatic rings. The molecule has 0 amide bonds. The molecule has 1 fully saturated rings. The third kappa shape index (κ3) is 2.29. The number of halogens is 1. The molecule has 1 atom stereocenters. The highest BCUT2D eigenvalue weighted by molar-refractivity contribution is 6.21. The Morgan fingerprint density at radius 2 is 2.00 bits per heavy atom. The number of alkyl halides is 1. The summed E-state index contributed by atoms with van der Waals surface area (Å²) in [6.45, 7) is 2.51. The van der Waals surface area contributed by atoms with Gasteiger partial charge in [0.1, 0.15) is 5.75 Å². The van der Waals surface area contributed by atoms with E-state index in [-0.39, 0.29) is 5.38 Å². The molecule has 0 bridgehead atoms. The average Bonchev–Trinajstić information content (AvgIpc) is 2.86. The van der Waals surface area contributed by atoms with Gasteiger partial charge in [-0.3, -0.25) is 0 Å². The van der Waals surface area contributed by atoms with Gasteiger partial charge in [0.2, 0.25) is 0 Å². The summed E-state index contributed by atoms with van der Waals surface area (Å²) < 4.78 is 10.9. The van der Waals surface area contributed by atoms with Gasteiger partial charge in [-0.15, -0.1) is 11.6 Å². The highest BCUT2D eigenvalue weighted by atomic mass is 35.5. The molecule has 0 radical (unpaired) electrons. The molecule has 3 rings (SSSR count). The molecule has 3 heteroatoms. The van der Waals surface area contributed by atoms with Gasteiger partial charge in [0.05, 0.1) is 12.0 Å². The standard InChI is InChI=1S/C14H17ClO2/c15-14(10-3-6-16-7-4-10)12-1-2-13-11(9-12)5-8-17-13/h1-2,9-10,14H,3-8H2. The third-order valence-corrected chi connectivity index (χ3v) is 4.32. The Morgan fingerprint density at radius 1 is 1.18 bits per heavy atom. The maximum absolute atomic E-state index is 6.59. The third-order valence-electron chi connectivity index (χ3n) is 3.71. The first-order chi connectivity index (χ1) is 8.34. The van der Waals surface area contributed by atoms with Gasteiger partial charge in [-0.1, -0.05) is 12.1 Å². The summed E-state index contributed by atoms with van der Waals surface area (Å²) in [4.78, 5) is 0. The average molecular weight is 253 g/mol. The summed E-state index contributed by atoms with van der Waals surface area (Å²) in [5.74, 6) is 1.58. The Morgan fingerprint density at radius 3 is 2.82 bits per heavy atom. The number of hydrogen-bond acceptors (Lipinski definition) is 2. The van der Waals surface area contributed by atoms with Crippen LogP contribution in [0.15, 0.2) is 18.2 Å². The molecule has 2 aliphatic rings. The number of benzene rings is 1. The van der Waals surface area contributed by atoms with Crippen molar-refractivity contribution in [3.8, 4) is 5.75 Å². The molecule has 17 heavy (non-hydrogen) atoms. The fraction of sp³-hybridized carbons (Fsp3) is 0.571. The van der Waals surface area contributed by atoms with Crippen molar-refractivity contribution in [1.29, 1.82) is 0 Å². The lowest BCUT2D eigenvalue weighted by molar-refractivity contribution is 0.0650. The summed E-state index contributed by atoms with van der Waals surface area (Å²) >= 11 is 6.59. The normalized spacial score (nSPS) is 21.9. The van der Waals surface area contributed by atoms with E-state index in [4.69, 9.17) is 21.1 Å². The van der Waals surface area contributed by atoms with Crippen LogP contribution >= 0.6 is 11.6 Å². The lowest BCUT2D eigenvalue weighted by Crippen LogP contribution is -2.19. The monoisotopic (exact) mass is 252 g/mol. The molecule has 1 saturated heterocycles. The zero-order chi connectivity index (χ0) is 11.7. The van der Waals surface area contributed by atoms with Crippen molar-refractivity contribution in [2.24, 2.45) is 5.92 Å². The Labute approximate surface area is 107 Å². The maximum atomic E-state index is 6.59. The molecule has 0 spiro atoms. The first kappa shape index (κ1) is 11.4. The van der Waals surface area contributed by atoms with Gasteiger partial charge in [0.25, 0.3) is 0 Å². The van der Waals surface area contributed by atoms with Crippen LogP contribution in [-0.2, 0) is 11.2 Å². The quantitative estimate of drug-likeness (QED) is 0.752. The molecular weight excluding hydrogens is 236 g/mol. The van der Waals surface area contributed by atoms with E-state index in [0.29, 0.717) is 5.92 Å². The van der Waals surface area contributed by atoms with Crippen LogP contribution < -0.4 is 4.74 Å². The largest absolute Gasteiger partial charge is 0.493 e. The second-order valence-electron chi connectivity index (χ2n) is 4.82. The van der Waals surface area contributed by atoms with Crippen LogP contribution in [0.25, 0.3) is 0 Å². The van der Waals surface area contributed by atoms with Crippen molar-refractivity contribution >= 4 is 11.6 Å². The van der Waals surface area contributed by atoms with E-state index < -0.39 is 0 Å². The van der Waals surface area contributed by atoms with Crippen LogP contribution in [0.2, 0.25) is 0 Å². The van der Waals surface area contributed by atoms with E-state index >= 15 is 0 Å². The van der Waals surface area contributed by atoms with Crippen LogP contribution in [0.5, 0.6) is 5.75 Å². The lowest BCUT2D eigenvalue weighted by atomic mass is 9.91. The number of rotatable bonds is 2. The minimum Gasteiger partial charge on any atom is -0.493 e. The Kier molecular flexibility index (Phi) is 3.26. The first-order valence-electron chi connectivity index (χ1n) is 6.32. The summed E-state index contributed by atoms with van der Waals surface area (Å²) in [6, 6.07) is 6.39. The van der Waals surface area contributed by atoms with Gasteiger partial charge in [-0.2, -0.15) is 0 Å². The predicted molar refractivity (Wildman–Crippen MR) is 67.8 cm³/mol. The summed E-state index contributed by atoms with van der Waals surface area (Å²) in [7, 11) is 0. The van der Waals surface area contributed by atoms with E-state index in [1.165, 1.54) is 11.1 Å². The molecule has 92 valence electrons. The molecule has 2 nitrogen and oxygen atoms in total. The van der Waals surface area contributed by atoms with E-state index in [9.17, 15) is 0 Å². The fourth-order valence-electron chi connectivity index (χ4n) is 2.66. The zero-order valence-corrected chi connectivity index (χ0v) is 10.6. The van der Waals surface area contributed by atoms with E-state index in [0.717, 1.165) is 44.8 Å². The van der Waals surface area contributed by atoms with E-state index in [2.05, 4.69) is 18.2 Å². The van der Waals surface area contributed by atoms with E-state index in [1.54, 1.807) is 0 Å². The van der Waals surface area contributed by atoms with Crippen LogP contribution in [0, 0.1) is 5.92 Å². The molecule has 1 unspecified atom stereocenters. The van der Waals surface area contributed by atoms with Gasteiger partial charge in [-0.05, 0) is 36.0 Å². The van der Waals surface area contributed by atoms with Gasteiger partial charge in [-0.25, -0.2) is 0 Å². The Bertz CT molecular complexity index is 399. The van der Waals surface area contributed by atoms with Gasteiger partial charge in [0, 0.05) is 19.6 Å². The van der Waals surface area contributed by atoms with Crippen molar-refractivity contribution in [2.45, 2.75) is 24.6 Å². The van der Waals surface area contributed by atoms with E-state index in [1.807, 2.05) is 0 Å². The molecule has 1 aromatic carbocycles. The molecular formula is C14H17ClO2. The van der Waals surface area contributed by atoms with Crippen LogP contribution in [0.4, 0.5) is 0 Å². The van der Waals surface area contributed by atoms with Crippen molar-refractivity contribution in [3.05, 3.63) is 29.3 Å². The van der Waals surface area contributed by atoms with Gasteiger partial charge >= 0.3 is 0 Å². The second kappa shape index (κ2) is 4.87. The maximum Gasteiger partial charge on any atom is 0.122 e. The van der Waals surface area contributed by atoms with Gasteiger partial charge < -0.3 is 9.47 Å². The van der Waals surface area contributed by atoms with Crippen molar-refractivity contribution < 1.29 is 9.47 Å². The lowest BCUT2D eigenvalue weighted by Gasteiger charge is -2.26. The Hall–Kier alpha value is -0.730. The van der Waals surface area contributed by atoms with Crippen LogP contribution in [0.1, 0.15) is 29.3 Å². The zero-order valence-electron chi connectivity index (χ0n) is 9.82. The highest BCUT2D eigenvalue weighted by Crippen LogP contribution is 2.37. The number of hydrogen-bond donors (Lipinski definition) is 0.